The second-order valence-electron chi connectivity index (χ2n) is 1.81. The van der Waals surface area contributed by atoms with Crippen molar-refractivity contribution in [1.29, 1.82) is 0 Å². The van der Waals surface area contributed by atoms with Crippen molar-refractivity contribution >= 4 is 50.9 Å². The zero-order valence-corrected chi connectivity index (χ0v) is 9.54. The minimum Gasteiger partial charge on any atom is -0.365 e. The average Bonchev–Trinajstić information content (AvgIpc) is 1.88. The van der Waals surface area contributed by atoms with E-state index in [1.807, 2.05) is 18.2 Å². The number of benzene rings is 1. The van der Waals surface area contributed by atoms with Gasteiger partial charge in [0.05, 0.1) is 0 Å². The Labute approximate surface area is 87.9 Å². The maximum Gasteiger partial charge on any atom is 0.130 e. The van der Waals surface area contributed by atoms with E-state index in [0.29, 0.717) is 2.06 Å². The molecular weight excluding hydrogens is 352 g/mol. The molecule has 1 aromatic carbocycles. The minimum atomic E-state index is 0.456. The summed E-state index contributed by atoms with van der Waals surface area (Å²) in [4.78, 5) is 0. The second kappa shape index (κ2) is 4.38. The molecule has 0 aliphatic rings. The number of anilines is 1. The summed E-state index contributed by atoms with van der Waals surface area (Å²) >= 11 is 4.64. The summed E-state index contributed by atoms with van der Waals surface area (Å²) in [6.45, 7) is 0. The summed E-state index contributed by atoms with van der Waals surface area (Å²) in [6, 6.07) is 10.2. The molecular formula is C7H7I2N. The van der Waals surface area contributed by atoms with Gasteiger partial charge in [0.1, 0.15) is 2.06 Å². The highest BCUT2D eigenvalue weighted by atomic mass is 127. The fraction of sp³-hybridized carbons (Fsp3) is 0.143. The first-order chi connectivity index (χ1) is 4.79. The van der Waals surface area contributed by atoms with Crippen LogP contribution in [0.15, 0.2) is 30.3 Å². The molecule has 1 rings (SSSR count). The van der Waals surface area contributed by atoms with E-state index in [1.165, 1.54) is 5.69 Å². The third-order valence-electron chi connectivity index (χ3n) is 1.05. The first-order valence-corrected chi connectivity index (χ1v) is 5.38. The highest BCUT2D eigenvalue weighted by Crippen LogP contribution is 2.14. The van der Waals surface area contributed by atoms with Crippen LogP contribution in [0.2, 0.25) is 0 Å². The SMILES string of the molecule is IC(I)Nc1ccccc1. The molecule has 0 aliphatic heterocycles. The molecule has 3 heteroatoms. The standard InChI is InChI=1S/C7H7I2N/c8-7(9)10-6-4-2-1-3-5-6/h1-5,7,10H. The fourth-order valence-corrected chi connectivity index (χ4v) is 1.38. The Bertz CT molecular complexity index is 186. The molecule has 0 heterocycles. The van der Waals surface area contributed by atoms with Crippen LogP contribution in [0.25, 0.3) is 0 Å². The average molecular weight is 359 g/mol. The summed E-state index contributed by atoms with van der Waals surface area (Å²) in [6.07, 6.45) is 0. The van der Waals surface area contributed by atoms with Gasteiger partial charge in [-0.2, -0.15) is 0 Å². The molecule has 0 spiro atoms. The number of rotatable bonds is 2. The molecule has 0 fully saturated rings. The van der Waals surface area contributed by atoms with Crippen LogP contribution in [0, 0.1) is 0 Å². The quantitative estimate of drug-likeness (QED) is 0.486. The van der Waals surface area contributed by atoms with Gasteiger partial charge in [-0.25, -0.2) is 0 Å². The molecule has 0 aromatic heterocycles. The predicted octanol–water partition coefficient (Wildman–Crippen LogP) is 3.25. The topological polar surface area (TPSA) is 12.0 Å². The van der Waals surface area contributed by atoms with E-state index in [2.05, 4.69) is 62.6 Å². The van der Waals surface area contributed by atoms with E-state index >= 15 is 0 Å². The Morgan fingerprint density at radius 3 is 2.20 bits per heavy atom. The Kier molecular flexibility index (Phi) is 3.75. The number of alkyl halides is 2. The summed E-state index contributed by atoms with van der Waals surface area (Å²) in [7, 11) is 0. The largest absolute Gasteiger partial charge is 0.365 e. The molecule has 1 N–H and O–H groups in total. The monoisotopic (exact) mass is 359 g/mol. The van der Waals surface area contributed by atoms with Crippen molar-refractivity contribution in [1.82, 2.24) is 0 Å². The molecule has 0 unspecified atom stereocenters. The lowest BCUT2D eigenvalue weighted by atomic mass is 10.3. The van der Waals surface area contributed by atoms with Crippen LogP contribution in [-0.2, 0) is 0 Å². The molecule has 0 amide bonds. The third kappa shape index (κ3) is 3.05. The number of para-hydroxylation sites is 1. The predicted molar refractivity (Wildman–Crippen MR) is 61.9 cm³/mol. The van der Waals surface area contributed by atoms with E-state index in [0.717, 1.165) is 0 Å². The van der Waals surface area contributed by atoms with E-state index in [1.54, 1.807) is 0 Å². The number of hydrogen-bond donors (Lipinski definition) is 1. The van der Waals surface area contributed by atoms with Crippen LogP contribution in [-0.4, -0.2) is 2.06 Å². The second-order valence-corrected chi connectivity index (χ2v) is 6.69. The maximum absolute atomic E-state index is 3.28. The normalized spacial score (nSPS) is 9.90. The zero-order chi connectivity index (χ0) is 7.40. The number of nitrogens with one attached hydrogen (secondary N) is 1. The van der Waals surface area contributed by atoms with Crippen LogP contribution in [0.4, 0.5) is 5.69 Å². The van der Waals surface area contributed by atoms with E-state index in [4.69, 9.17) is 0 Å². The van der Waals surface area contributed by atoms with Crippen LogP contribution >= 0.6 is 45.2 Å². The smallest absolute Gasteiger partial charge is 0.130 e. The molecule has 0 radical (unpaired) electrons. The first-order valence-electron chi connectivity index (χ1n) is 2.89. The molecule has 10 heavy (non-hydrogen) atoms. The van der Waals surface area contributed by atoms with Gasteiger partial charge >= 0.3 is 0 Å². The zero-order valence-electron chi connectivity index (χ0n) is 5.22. The van der Waals surface area contributed by atoms with E-state index < -0.39 is 0 Å². The van der Waals surface area contributed by atoms with Gasteiger partial charge in [-0.1, -0.05) is 18.2 Å². The lowest BCUT2D eigenvalue weighted by Crippen LogP contribution is -2.01. The van der Waals surface area contributed by atoms with Crippen molar-refractivity contribution < 1.29 is 0 Å². The van der Waals surface area contributed by atoms with Gasteiger partial charge in [0.2, 0.25) is 0 Å². The van der Waals surface area contributed by atoms with Crippen molar-refractivity contribution in [2.75, 3.05) is 5.32 Å². The summed E-state index contributed by atoms with van der Waals surface area (Å²) in [5.74, 6) is 0. The van der Waals surface area contributed by atoms with Crippen LogP contribution < -0.4 is 5.32 Å². The molecule has 1 aromatic rings. The van der Waals surface area contributed by atoms with Crippen molar-refractivity contribution in [3.63, 3.8) is 0 Å². The van der Waals surface area contributed by atoms with Gasteiger partial charge in [0.15, 0.2) is 0 Å². The van der Waals surface area contributed by atoms with Crippen molar-refractivity contribution in [2.45, 2.75) is 2.06 Å². The molecule has 0 saturated heterocycles. The lowest BCUT2D eigenvalue weighted by Gasteiger charge is -2.05. The maximum atomic E-state index is 3.28. The van der Waals surface area contributed by atoms with E-state index in [-0.39, 0.29) is 0 Å². The van der Waals surface area contributed by atoms with Crippen molar-refractivity contribution in [3.8, 4) is 0 Å². The summed E-state index contributed by atoms with van der Waals surface area (Å²) in [5.41, 5.74) is 1.18. The van der Waals surface area contributed by atoms with Crippen LogP contribution in [0.1, 0.15) is 0 Å². The van der Waals surface area contributed by atoms with E-state index in [9.17, 15) is 0 Å². The Balaban J connectivity index is 2.59. The molecule has 54 valence electrons. The number of hydrogen-bond acceptors (Lipinski definition) is 1. The van der Waals surface area contributed by atoms with Crippen LogP contribution in [0.3, 0.4) is 0 Å². The summed E-state index contributed by atoms with van der Waals surface area (Å²) in [5, 5.41) is 3.28. The number of halogens is 2. The Morgan fingerprint density at radius 1 is 1.10 bits per heavy atom. The molecule has 0 atom stereocenters. The Morgan fingerprint density at radius 2 is 1.70 bits per heavy atom. The summed E-state index contributed by atoms with van der Waals surface area (Å²) < 4.78 is 0.456. The highest BCUT2D eigenvalue weighted by molar-refractivity contribution is 14.2. The minimum absolute atomic E-state index is 0.456. The van der Waals surface area contributed by atoms with Gasteiger partial charge in [0, 0.05) is 5.69 Å². The highest BCUT2D eigenvalue weighted by Gasteiger charge is 1.93. The third-order valence-corrected chi connectivity index (χ3v) is 1.67. The molecule has 1 nitrogen and oxygen atoms in total. The van der Waals surface area contributed by atoms with Gasteiger partial charge in [0.25, 0.3) is 0 Å². The van der Waals surface area contributed by atoms with Gasteiger partial charge in [-0.05, 0) is 57.3 Å². The lowest BCUT2D eigenvalue weighted by molar-refractivity contribution is 1.47. The molecule has 0 saturated carbocycles. The Hall–Kier alpha value is 0.480. The molecule has 0 bridgehead atoms. The van der Waals surface area contributed by atoms with Crippen LogP contribution in [0.5, 0.6) is 0 Å². The van der Waals surface area contributed by atoms with Gasteiger partial charge in [-0.3, -0.25) is 0 Å². The molecule has 0 aliphatic carbocycles. The van der Waals surface area contributed by atoms with Crippen molar-refractivity contribution in [3.05, 3.63) is 30.3 Å². The van der Waals surface area contributed by atoms with Crippen molar-refractivity contribution in [2.24, 2.45) is 0 Å². The van der Waals surface area contributed by atoms with Gasteiger partial charge < -0.3 is 5.32 Å². The first kappa shape index (κ1) is 8.58. The fourth-order valence-electron chi connectivity index (χ4n) is 0.660. The van der Waals surface area contributed by atoms with Gasteiger partial charge in [-0.15, -0.1) is 0 Å².